The lowest BCUT2D eigenvalue weighted by molar-refractivity contribution is -0.214. The van der Waals surface area contributed by atoms with Crippen LogP contribution in [0.2, 0.25) is 0 Å². The zero-order valence-electron chi connectivity index (χ0n) is 25.7. The monoisotopic (exact) mass is 681 g/mol. The molecule has 8 nitrogen and oxygen atoms in total. The lowest BCUT2D eigenvalue weighted by Gasteiger charge is -2.59. The lowest BCUT2D eigenvalue weighted by Crippen LogP contribution is -2.59. The van der Waals surface area contributed by atoms with Crippen LogP contribution in [0.15, 0.2) is 0 Å². The van der Waals surface area contributed by atoms with Crippen molar-refractivity contribution in [1.29, 1.82) is 0 Å². The molecule has 0 amide bonds. The highest BCUT2D eigenvalue weighted by Crippen LogP contribution is 2.61. The average Bonchev–Trinajstić information content (AvgIpc) is 3.22. The first-order valence-electron chi connectivity index (χ1n) is 16.7. The van der Waals surface area contributed by atoms with Gasteiger partial charge < -0.3 is 18.9 Å². The highest BCUT2D eigenvalue weighted by atomic mass is 16.6. The first kappa shape index (κ1) is 44.1. The third-order valence-electron chi connectivity index (χ3n) is 13.1. The topological polar surface area (TPSA) is 105 Å². The number of rotatable bonds is 9. The van der Waals surface area contributed by atoms with Gasteiger partial charge in [0.1, 0.15) is 12.2 Å². The van der Waals surface area contributed by atoms with Gasteiger partial charge in [-0.2, -0.15) is 0 Å². The zero-order chi connectivity index (χ0) is 29.6. The van der Waals surface area contributed by atoms with Crippen LogP contribution in [0.3, 0.4) is 0 Å². The number of hydrogen-bond donors (Lipinski definition) is 0. The molecule has 9 aliphatic rings. The maximum Gasteiger partial charge on any atom is 0.320 e. The van der Waals surface area contributed by atoms with Crippen molar-refractivity contribution >= 4 is 23.9 Å². The fourth-order valence-corrected chi connectivity index (χ4v) is 11.5. The first-order chi connectivity index (χ1) is 19.9. The fraction of sp³-hybridized carbons (Fsp3) is 0.900. The van der Waals surface area contributed by atoms with Gasteiger partial charge in [-0.05, 0) is 140 Å². The molecule has 0 spiro atoms. The van der Waals surface area contributed by atoms with Crippen LogP contribution >= 0.6 is 0 Å². The Morgan fingerprint density at radius 2 is 1.21 bits per heavy atom. The molecule has 3 atom stereocenters. The van der Waals surface area contributed by atoms with Crippen molar-refractivity contribution in [1.82, 2.24) is 0 Å². The van der Waals surface area contributed by atoms with Crippen molar-refractivity contribution in [3.8, 4) is 0 Å². The van der Waals surface area contributed by atoms with E-state index in [9.17, 15) is 19.2 Å². The molecule has 0 aromatic heterocycles. The van der Waals surface area contributed by atoms with Crippen LogP contribution in [-0.4, -0.2) is 48.8 Å². The molecule has 9 rings (SSSR count). The Hall–Kier alpha value is -1.96. The van der Waals surface area contributed by atoms with Crippen molar-refractivity contribution in [2.75, 3.05) is 13.2 Å². The van der Waals surface area contributed by atoms with Crippen LogP contribution in [-0.2, 0) is 38.1 Å². The van der Waals surface area contributed by atoms with E-state index in [1.165, 1.54) is 25.7 Å². The third-order valence-corrected chi connectivity index (χ3v) is 13.1. The van der Waals surface area contributed by atoms with E-state index in [1.807, 2.05) is 0 Å². The smallest absolute Gasteiger partial charge is 0.320 e. The van der Waals surface area contributed by atoms with E-state index < -0.39 is 46.9 Å². The number of hydrogen-bond acceptors (Lipinski definition) is 8. The van der Waals surface area contributed by atoms with Gasteiger partial charge in [0.2, 0.25) is 0 Å². The van der Waals surface area contributed by atoms with Gasteiger partial charge in [0.15, 0.2) is 0 Å². The molecule has 0 N–H and O–H groups in total. The number of carbonyl (C=O) groups is 4. The van der Waals surface area contributed by atoms with E-state index in [1.54, 1.807) is 20.8 Å². The summed E-state index contributed by atoms with van der Waals surface area (Å²) in [7, 11) is 0. The number of carbonyl (C=O) groups excluding carboxylic acids is 4. The van der Waals surface area contributed by atoms with E-state index >= 15 is 0 Å². The SMILES string of the molecule is C.C.C.C.C.C.CC(OCCOC(=O)C12CC3CC(CC(C3)C1)C2)C1C(=O)OC(=O)C1C(C)(C)C(=O)OC1(C)C2CC3CC(C2)CC1C3. The Balaban J connectivity index is 0.00000192. The van der Waals surface area contributed by atoms with Crippen LogP contribution in [0.4, 0.5) is 0 Å². The van der Waals surface area contributed by atoms with Gasteiger partial charge in [0.05, 0.1) is 35.4 Å². The Kier molecular flexibility index (Phi) is 14.2. The minimum Gasteiger partial charge on any atom is -0.463 e. The Labute approximate surface area is 293 Å². The minimum absolute atomic E-state index is 0. The second-order valence-corrected chi connectivity index (χ2v) is 16.3. The molecule has 8 saturated carbocycles. The molecule has 1 heterocycles. The fourth-order valence-electron chi connectivity index (χ4n) is 11.5. The molecule has 48 heavy (non-hydrogen) atoms. The normalized spacial score (nSPS) is 40.0. The van der Waals surface area contributed by atoms with Gasteiger partial charge in [-0.1, -0.05) is 44.6 Å². The lowest BCUT2D eigenvalue weighted by atomic mass is 9.49. The summed E-state index contributed by atoms with van der Waals surface area (Å²) in [6.45, 7) is 7.39. The van der Waals surface area contributed by atoms with Gasteiger partial charge >= 0.3 is 23.9 Å². The summed E-state index contributed by atoms with van der Waals surface area (Å²) in [5.74, 6) is 0.270. The third kappa shape index (κ3) is 7.12. The molecule has 8 aliphatic carbocycles. The summed E-state index contributed by atoms with van der Waals surface area (Å²) in [6, 6.07) is 0. The molecular formula is C40H72O8. The maximum atomic E-state index is 13.8. The molecular weight excluding hydrogens is 608 g/mol. The Morgan fingerprint density at radius 3 is 1.69 bits per heavy atom. The summed E-state index contributed by atoms with van der Waals surface area (Å²) < 4.78 is 23.2. The molecule has 1 aliphatic heterocycles. The molecule has 0 aromatic carbocycles. The van der Waals surface area contributed by atoms with E-state index in [4.69, 9.17) is 18.9 Å². The summed E-state index contributed by atoms with van der Waals surface area (Å²) in [4.78, 5) is 52.9. The van der Waals surface area contributed by atoms with E-state index in [2.05, 4.69) is 6.92 Å². The average molecular weight is 681 g/mol. The predicted octanol–water partition coefficient (Wildman–Crippen LogP) is 9.07. The molecule has 9 fully saturated rings. The van der Waals surface area contributed by atoms with E-state index in [-0.39, 0.29) is 69.2 Å². The Bertz CT molecular complexity index is 1090. The summed E-state index contributed by atoms with van der Waals surface area (Å²) >= 11 is 0. The van der Waals surface area contributed by atoms with Crippen molar-refractivity contribution in [3.63, 3.8) is 0 Å². The molecule has 3 unspecified atom stereocenters. The van der Waals surface area contributed by atoms with Crippen LogP contribution in [0.25, 0.3) is 0 Å². The van der Waals surface area contributed by atoms with Gasteiger partial charge in [0.25, 0.3) is 0 Å². The number of ether oxygens (including phenoxy) is 4. The highest BCUT2D eigenvalue weighted by Gasteiger charge is 2.62. The first-order valence-corrected chi connectivity index (χ1v) is 16.7. The van der Waals surface area contributed by atoms with Crippen LogP contribution < -0.4 is 0 Å². The molecule has 1 saturated heterocycles. The highest BCUT2D eigenvalue weighted by molar-refractivity contribution is 6.00. The molecule has 8 heteroatoms. The molecule has 8 bridgehead atoms. The van der Waals surface area contributed by atoms with Gasteiger partial charge in [-0.3, -0.25) is 19.2 Å². The van der Waals surface area contributed by atoms with Crippen molar-refractivity contribution in [2.24, 2.45) is 64.1 Å². The molecule has 0 aromatic rings. The van der Waals surface area contributed by atoms with Crippen molar-refractivity contribution in [3.05, 3.63) is 0 Å². The largest absolute Gasteiger partial charge is 0.463 e. The van der Waals surface area contributed by atoms with Crippen LogP contribution in [0, 0.1) is 64.1 Å². The minimum atomic E-state index is -1.27. The number of cyclic esters (lactones) is 2. The quantitative estimate of drug-likeness (QED) is 0.103. The predicted molar refractivity (Wildman–Crippen MR) is 191 cm³/mol. The van der Waals surface area contributed by atoms with Crippen LogP contribution in [0.1, 0.15) is 143 Å². The zero-order valence-corrected chi connectivity index (χ0v) is 25.7. The Morgan fingerprint density at radius 1 is 0.750 bits per heavy atom. The number of esters is 4. The van der Waals surface area contributed by atoms with Crippen molar-refractivity contribution in [2.45, 2.75) is 155 Å². The van der Waals surface area contributed by atoms with E-state index in [0.29, 0.717) is 29.6 Å². The van der Waals surface area contributed by atoms with Crippen LogP contribution in [0.5, 0.6) is 0 Å². The van der Waals surface area contributed by atoms with Crippen molar-refractivity contribution < 1.29 is 38.1 Å². The van der Waals surface area contributed by atoms with E-state index in [0.717, 1.165) is 56.8 Å². The summed E-state index contributed by atoms with van der Waals surface area (Å²) in [5.41, 5.74) is -2.13. The van der Waals surface area contributed by atoms with Gasteiger partial charge in [-0.25, -0.2) is 0 Å². The van der Waals surface area contributed by atoms with Gasteiger partial charge in [-0.15, -0.1) is 0 Å². The molecule has 0 radical (unpaired) electrons. The second kappa shape index (κ2) is 15.5. The summed E-state index contributed by atoms with van der Waals surface area (Å²) in [6.07, 6.45) is 11.6. The second-order valence-electron chi connectivity index (χ2n) is 16.3. The van der Waals surface area contributed by atoms with Gasteiger partial charge in [0, 0.05) is 0 Å². The summed E-state index contributed by atoms with van der Waals surface area (Å²) in [5, 5.41) is 0. The maximum absolute atomic E-state index is 13.8. The molecule has 280 valence electrons. The standard InChI is InChI=1S/C34H48O8.6CH4/c1-18(39-5-6-40-31(38)34-15-21-8-22(16-34)10-23(9-21)17-34)26-27(29(36)41-28(26)35)32(2,3)30(37)42-33(4)24-11-19-7-20(13-24)14-25(33)12-19;;;;;;/h18-27H,5-17H2,1-4H3;6*1H4.